The predicted octanol–water partition coefficient (Wildman–Crippen LogP) is 5.56. The predicted molar refractivity (Wildman–Crippen MR) is 126 cm³/mol. The number of nitro benzene ring substituents is 1. The van der Waals surface area contributed by atoms with Gasteiger partial charge in [-0.25, -0.2) is 4.79 Å². The zero-order valence-corrected chi connectivity index (χ0v) is 19.4. The highest BCUT2D eigenvalue weighted by atomic mass is 35.5. The number of carbonyl (C=O) groups is 3. The molecule has 0 aliphatic rings. The van der Waals surface area contributed by atoms with Crippen LogP contribution in [0.4, 0.5) is 16.4 Å². The van der Waals surface area contributed by atoms with Crippen LogP contribution in [-0.2, 0) is 4.74 Å². The molecule has 2 N–H and O–H groups in total. The number of benzene rings is 2. The van der Waals surface area contributed by atoms with Crippen LogP contribution >= 0.6 is 34.5 Å². The summed E-state index contributed by atoms with van der Waals surface area (Å²) >= 11 is 13.0. The molecule has 2 amide bonds. The van der Waals surface area contributed by atoms with Crippen LogP contribution in [-0.4, -0.2) is 29.8 Å². The van der Waals surface area contributed by atoms with Crippen LogP contribution in [0.25, 0.3) is 0 Å². The maximum atomic E-state index is 12.9. The number of methoxy groups -OCH3 is 1. The number of anilines is 2. The summed E-state index contributed by atoms with van der Waals surface area (Å²) in [5.74, 6) is -1.94. The number of nitrogens with zero attached hydrogens (tertiary/aromatic N) is 1. The molecule has 1 aromatic heterocycles. The SMILES string of the molecule is COC(=O)c1c(NC(=O)c2ccc([N+](=O)[O-])cc2)sc(C(=O)Nc2cccc(Cl)c2Cl)c1C. The Labute approximate surface area is 201 Å². The van der Waals surface area contributed by atoms with E-state index in [-0.39, 0.29) is 42.4 Å². The minimum absolute atomic E-state index is 0.0140. The Morgan fingerprint density at radius 2 is 1.70 bits per heavy atom. The number of hydrogen-bond donors (Lipinski definition) is 2. The van der Waals surface area contributed by atoms with E-state index >= 15 is 0 Å². The highest BCUT2D eigenvalue weighted by Gasteiger charge is 2.27. The quantitative estimate of drug-likeness (QED) is 0.255. The van der Waals surface area contributed by atoms with Crippen molar-refractivity contribution in [3.63, 3.8) is 0 Å². The largest absolute Gasteiger partial charge is 0.465 e. The van der Waals surface area contributed by atoms with Crippen LogP contribution in [0.1, 0.15) is 36.0 Å². The third-order valence-electron chi connectivity index (χ3n) is 4.51. The van der Waals surface area contributed by atoms with Gasteiger partial charge in [0, 0.05) is 17.7 Å². The molecule has 12 heteroatoms. The average Bonchev–Trinajstić information content (AvgIpc) is 3.12. The highest BCUT2D eigenvalue weighted by molar-refractivity contribution is 7.19. The van der Waals surface area contributed by atoms with Crippen molar-refractivity contribution < 1.29 is 24.0 Å². The Hall–Kier alpha value is -3.47. The van der Waals surface area contributed by atoms with Crippen LogP contribution in [0.2, 0.25) is 10.0 Å². The molecule has 3 aromatic rings. The van der Waals surface area contributed by atoms with Gasteiger partial charge in [-0.15, -0.1) is 11.3 Å². The van der Waals surface area contributed by atoms with Crippen molar-refractivity contribution in [2.75, 3.05) is 17.7 Å². The summed E-state index contributed by atoms with van der Waals surface area (Å²) in [6.07, 6.45) is 0. The highest BCUT2D eigenvalue weighted by Crippen LogP contribution is 2.36. The topological polar surface area (TPSA) is 128 Å². The van der Waals surface area contributed by atoms with E-state index in [4.69, 9.17) is 27.9 Å². The van der Waals surface area contributed by atoms with E-state index in [1.165, 1.54) is 31.4 Å². The van der Waals surface area contributed by atoms with E-state index in [1.54, 1.807) is 25.1 Å². The molecule has 0 aliphatic heterocycles. The van der Waals surface area contributed by atoms with Gasteiger partial charge in [0.25, 0.3) is 17.5 Å². The molecule has 0 bridgehead atoms. The lowest BCUT2D eigenvalue weighted by Crippen LogP contribution is -2.14. The third kappa shape index (κ3) is 5.14. The number of carbonyl (C=O) groups excluding carboxylic acids is 3. The van der Waals surface area contributed by atoms with Crippen LogP contribution in [0.5, 0.6) is 0 Å². The van der Waals surface area contributed by atoms with Gasteiger partial charge in [0.15, 0.2) is 0 Å². The van der Waals surface area contributed by atoms with Crippen molar-refractivity contribution >= 4 is 68.7 Å². The van der Waals surface area contributed by atoms with Gasteiger partial charge in [0.05, 0.1) is 38.2 Å². The van der Waals surface area contributed by atoms with Gasteiger partial charge < -0.3 is 15.4 Å². The standard InChI is InChI=1S/C21H15Cl2N3O6S/c1-10-15(21(29)32-2)20(25-18(27)11-6-8-12(9-7-11)26(30)31)33-17(10)19(28)24-14-5-3-4-13(22)16(14)23/h3-9H,1-2H3,(H,24,28)(H,25,27). The molecule has 2 aromatic carbocycles. The molecule has 0 fully saturated rings. The zero-order chi connectivity index (χ0) is 24.3. The molecule has 1 heterocycles. The minimum Gasteiger partial charge on any atom is -0.465 e. The first kappa shape index (κ1) is 24.2. The molecule has 3 rings (SSSR count). The van der Waals surface area contributed by atoms with Gasteiger partial charge in [-0.05, 0) is 36.8 Å². The molecule has 9 nitrogen and oxygen atoms in total. The summed E-state index contributed by atoms with van der Waals surface area (Å²) in [4.78, 5) is 48.3. The van der Waals surface area contributed by atoms with Crippen LogP contribution in [0, 0.1) is 17.0 Å². The molecule has 0 radical (unpaired) electrons. The fourth-order valence-electron chi connectivity index (χ4n) is 2.86. The Morgan fingerprint density at radius 3 is 2.30 bits per heavy atom. The summed E-state index contributed by atoms with van der Waals surface area (Å²) in [5.41, 5.74) is 0.534. The van der Waals surface area contributed by atoms with Crippen molar-refractivity contribution in [3.05, 3.63) is 84.2 Å². The number of nitrogens with one attached hydrogen (secondary N) is 2. The Kier molecular flexibility index (Phi) is 7.32. The Bertz CT molecular complexity index is 1270. The lowest BCUT2D eigenvalue weighted by molar-refractivity contribution is -0.384. The van der Waals surface area contributed by atoms with Crippen molar-refractivity contribution in [1.29, 1.82) is 0 Å². The van der Waals surface area contributed by atoms with Crippen LogP contribution in [0.3, 0.4) is 0 Å². The normalized spacial score (nSPS) is 10.4. The van der Waals surface area contributed by atoms with Crippen molar-refractivity contribution in [2.45, 2.75) is 6.92 Å². The first-order chi connectivity index (χ1) is 15.6. The molecular formula is C21H15Cl2N3O6S. The number of rotatable bonds is 6. The van der Waals surface area contributed by atoms with Crippen molar-refractivity contribution in [2.24, 2.45) is 0 Å². The minimum atomic E-state index is -0.748. The summed E-state index contributed by atoms with van der Waals surface area (Å²) in [5, 5.41) is 16.5. The monoisotopic (exact) mass is 507 g/mol. The lowest BCUT2D eigenvalue weighted by atomic mass is 10.1. The van der Waals surface area contributed by atoms with Crippen LogP contribution < -0.4 is 10.6 Å². The lowest BCUT2D eigenvalue weighted by Gasteiger charge is -2.07. The van der Waals surface area contributed by atoms with Crippen molar-refractivity contribution in [3.8, 4) is 0 Å². The summed E-state index contributed by atoms with van der Waals surface area (Å²) in [6, 6.07) is 9.67. The number of hydrogen-bond acceptors (Lipinski definition) is 7. The van der Waals surface area contributed by atoms with Gasteiger partial charge in [0.1, 0.15) is 5.00 Å². The van der Waals surface area contributed by atoms with Crippen molar-refractivity contribution in [1.82, 2.24) is 0 Å². The molecule has 0 aliphatic carbocycles. The number of esters is 1. The Morgan fingerprint density at radius 1 is 1.03 bits per heavy atom. The average molecular weight is 508 g/mol. The summed E-state index contributed by atoms with van der Waals surface area (Å²) in [7, 11) is 1.17. The smallest absolute Gasteiger partial charge is 0.341 e. The van der Waals surface area contributed by atoms with Gasteiger partial charge in [-0.2, -0.15) is 0 Å². The molecule has 0 atom stereocenters. The van der Waals surface area contributed by atoms with E-state index in [0.29, 0.717) is 5.56 Å². The van der Waals surface area contributed by atoms with Gasteiger partial charge in [-0.3, -0.25) is 19.7 Å². The zero-order valence-electron chi connectivity index (χ0n) is 17.1. The summed E-state index contributed by atoms with van der Waals surface area (Å²) < 4.78 is 4.80. The first-order valence-corrected chi connectivity index (χ1v) is 10.7. The molecule has 0 saturated heterocycles. The second kappa shape index (κ2) is 9.99. The number of non-ortho nitro benzene ring substituents is 1. The van der Waals surface area contributed by atoms with E-state index in [0.717, 1.165) is 11.3 Å². The molecular weight excluding hydrogens is 493 g/mol. The first-order valence-electron chi connectivity index (χ1n) is 9.17. The maximum absolute atomic E-state index is 12.9. The number of nitro groups is 1. The van der Waals surface area contributed by atoms with Gasteiger partial charge in [-0.1, -0.05) is 29.3 Å². The molecule has 0 unspecified atom stereocenters. The fraction of sp³-hybridized carbons (Fsp3) is 0.0952. The second-order valence-electron chi connectivity index (χ2n) is 6.57. The van der Waals surface area contributed by atoms with Gasteiger partial charge >= 0.3 is 5.97 Å². The number of ether oxygens (including phenoxy) is 1. The summed E-state index contributed by atoms with van der Waals surface area (Å²) in [6.45, 7) is 1.54. The van der Waals surface area contributed by atoms with E-state index in [9.17, 15) is 24.5 Å². The van der Waals surface area contributed by atoms with E-state index < -0.39 is 22.7 Å². The molecule has 0 saturated carbocycles. The number of thiophene rings is 1. The Balaban J connectivity index is 1.93. The number of halogens is 2. The maximum Gasteiger partial charge on any atom is 0.341 e. The third-order valence-corrected chi connectivity index (χ3v) is 6.53. The van der Waals surface area contributed by atoms with E-state index in [1.807, 2.05) is 0 Å². The van der Waals surface area contributed by atoms with Gasteiger partial charge in [0.2, 0.25) is 0 Å². The second-order valence-corrected chi connectivity index (χ2v) is 8.37. The molecule has 33 heavy (non-hydrogen) atoms. The van der Waals surface area contributed by atoms with Crippen LogP contribution in [0.15, 0.2) is 42.5 Å². The van der Waals surface area contributed by atoms with E-state index in [2.05, 4.69) is 10.6 Å². The fourth-order valence-corrected chi connectivity index (χ4v) is 4.29. The number of amides is 2. The molecule has 170 valence electrons. The molecule has 0 spiro atoms.